The topological polar surface area (TPSA) is 107 Å². The SMILES string of the molecule is COc1ccc(CNc2ncc(CO)c3nc(-c4cccnc4)nn23)cc1OC. The van der Waals surface area contributed by atoms with Crippen molar-refractivity contribution in [1.82, 2.24) is 24.6 Å². The van der Waals surface area contributed by atoms with Gasteiger partial charge in [0.15, 0.2) is 23.0 Å². The molecule has 0 unspecified atom stereocenters. The number of benzene rings is 1. The fourth-order valence-electron chi connectivity index (χ4n) is 2.94. The first-order valence-corrected chi connectivity index (χ1v) is 8.94. The number of fused-ring (bicyclic) bond motifs is 1. The van der Waals surface area contributed by atoms with E-state index in [1.54, 1.807) is 37.3 Å². The molecule has 0 bridgehead atoms. The highest BCUT2D eigenvalue weighted by atomic mass is 16.5. The van der Waals surface area contributed by atoms with Crippen molar-refractivity contribution in [3.63, 3.8) is 0 Å². The van der Waals surface area contributed by atoms with Gasteiger partial charge in [-0.1, -0.05) is 6.07 Å². The first kappa shape index (κ1) is 18.6. The van der Waals surface area contributed by atoms with Crippen LogP contribution in [0.5, 0.6) is 11.5 Å². The Morgan fingerprint density at radius 2 is 1.97 bits per heavy atom. The Bertz CT molecular complexity index is 1130. The van der Waals surface area contributed by atoms with Crippen molar-refractivity contribution in [2.45, 2.75) is 13.2 Å². The zero-order valence-corrected chi connectivity index (χ0v) is 16.0. The van der Waals surface area contributed by atoms with Crippen LogP contribution in [0.15, 0.2) is 48.9 Å². The van der Waals surface area contributed by atoms with Crippen molar-refractivity contribution >= 4 is 11.6 Å². The van der Waals surface area contributed by atoms with Gasteiger partial charge < -0.3 is 19.9 Å². The Morgan fingerprint density at radius 1 is 1.10 bits per heavy atom. The van der Waals surface area contributed by atoms with Crippen LogP contribution in [-0.4, -0.2) is 43.9 Å². The molecule has 0 aliphatic rings. The Kier molecular flexibility index (Phi) is 5.21. The number of aliphatic hydroxyl groups excluding tert-OH is 1. The summed E-state index contributed by atoms with van der Waals surface area (Å²) in [6, 6.07) is 9.39. The van der Waals surface area contributed by atoms with Gasteiger partial charge >= 0.3 is 0 Å². The van der Waals surface area contributed by atoms with Gasteiger partial charge in [0.25, 0.3) is 0 Å². The third-order valence-corrected chi connectivity index (χ3v) is 4.43. The summed E-state index contributed by atoms with van der Waals surface area (Å²) in [6.07, 6.45) is 4.97. The fourth-order valence-corrected chi connectivity index (χ4v) is 2.94. The van der Waals surface area contributed by atoms with E-state index in [0.717, 1.165) is 11.1 Å². The molecule has 29 heavy (non-hydrogen) atoms. The number of aliphatic hydroxyl groups is 1. The molecule has 0 saturated carbocycles. The van der Waals surface area contributed by atoms with E-state index >= 15 is 0 Å². The molecule has 0 radical (unpaired) electrons. The van der Waals surface area contributed by atoms with Crippen molar-refractivity contribution in [2.24, 2.45) is 0 Å². The van der Waals surface area contributed by atoms with Crippen LogP contribution in [0.2, 0.25) is 0 Å². The number of methoxy groups -OCH3 is 2. The smallest absolute Gasteiger partial charge is 0.226 e. The van der Waals surface area contributed by atoms with Gasteiger partial charge in [-0.3, -0.25) is 4.98 Å². The quantitative estimate of drug-likeness (QED) is 0.493. The predicted molar refractivity (Wildman–Crippen MR) is 107 cm³/mol. The molecule has 3 aromatic heterocycles. The number of hydrogen-bond donors (Lipinski definition) is 2. The van der Waals surface area contributed by atoms with Crippen LogP contribution >= 0.6 is 0 Å². The van der Waals surface area contributed by atoms with E-state index < -0.39 is 0 Å². The molecule has 0 atom stereocenters. The van der Waals surface area contributed by atoms with Gasteiger partial charge in [0.1, 0.15) is 0 Å². The molecule has 4 rings (SSSR count). The lowest BCUT2D eigenvalue weighted by molar-refractivity contribution is 0.282. The molecule has 0 aliphatic carbocycles. The van der Waals surface area contributed by atoms with Gasteiger partial charge in [-0.2, -0.15) is 4.52 Å². The van der Waals surface area contributed by atoms with Crippen molar-refractivity contribution in [3.8, 4) is 22.9 Å². The highest BCUT2D eigenvalue weighted by Crippen LogP contribution is 2.28. The molecule has 2 N–H and O–H groups in total. The lowest BCUT2D eigenvalue weighted by atomic mass is 10.2. The number of anilines is 1. The van der Waals surface area contributed by atoms with Crippen LogP contribution in [0.1, 0.15) is 11.1 Å². The molecule has 0 amide bonds. The molecule has 0 fully saturated rings. The van der Waals surface area contributed by atoms with E-state index in [1.807, 2.05) is 30.3 Å². The number of rotatable bonds is 7. The molecule has 0 saturated heterocycles. The zero-order chi connectivity index (χ0) is 20.2. The monoisotopic (exact) mass is 392 g/mol. The number of hydrogen-bond acceptors (Lipinski definition) is 8. The number of nitrogens with zero attached hydrogens (tertiary/aromatic N) is 5. The summed E-state index contributed by atoms with van der Waals surface area (Å²) in [5.41, 5.74) is 2.89. The van der Waals surface area contributed by atoms with E-state index in [0.29, 0.717) is 41.0 Å². The third kappa shape index (κ3) is 3.67. The average Bonchev–Trinajstić information content (AvgIpc) is 3.23. The summed E-state index contributed by atoms with van der Waals surface area (Å²) >= 11 is 0. The first-order chi connectivity index (χ1) is 14.2. The van der Waals surface area contributed by atoms with Crippen LogP contribution < -0.4 is 14.8 Å². The van der Waals surface area contributed by atoms with Gasteiger partial charge in [0.05, 0.1) is 20.8 Å². The molecule has 0 spiro atoms. The Morgan fingerprint density at radius 3 is 2.69 bits per heavy atom. The van der Waals surface area contributed by atoms with E-state index in [2.05, 4.69) is 25.4 Å². The predicted octanol–water partition coefficient (Wildman–Crippen LogP) is 2.31. The third-order valence-electron chi connectivity index (χ3n) is 4.43. The highest BCUT2D eigenvalue weighted by Gasteiger charge is 2.14. The Hall–Kier alpha value is -3.72. The van der Waals surface area contributed by atoms with E-state index in [9.17, 15) is 5.11 Å². The van der Waals surface area contributed by atoms with Crippen LogP contribution in [0.25, 0.3) is 17.0 Å². The number of ether oxygens (including phenoxy) is 2. The molecule has 148 valence electrons. The maximum absolute atomic E-state index is 9.64. The number of pyridine rings is 1. The number of aromatic nitrogens is 5. The molecule has 9 heteroatoms. The van der Waals surface area contributed by atoms with Crippen molar-refractivity contribution in [2.75, 3.05) is 19.5 Å². The minimum absolute atomic E-state index is 0.183. The summed E-state index contributed by atoms with van der Waals surface area (Å²) < 4.78 is 12.2. The molecule has 9 nitrogen and oxygen atoms in total. The minimum atomic E-state index is -0.183. The number of nitrogens with one attached hydrogen (secondary N) is 1. The second-order valence-corrected chi connectivity index (χ2v) is 6.22. The lowest BCUT2D eigenvalue weighted by Crippen LogP contribution is -2.09. The summed E-state index contributed by atoms with van der Waals surface area (Å²) in [4.78, 5) is 13.1. The molecule has 4 aromatic rings. The van der Waals surface area contributed by atoms with Crippen molar-refractivity contribution < 1.29 is 14.6 Å². The molecule has 3 heterocycles. The van der Waals surface area contributed by atoms with Crippen molar-refractivity contribution in [1.29, 1.82) is 0 Å². The van der Waals surface area contributed by atoms with E-state index in [-0.39, 0.29) is 6.61 Å². The summed E-state index contributed by atoms with van der Waals surface area (Å²) in [6.45, 7) is 0.306. The normalized spacial score (nSPS) is 10.9. The maximum Gasteiger partial charge on any atom is 0.226 e. The second kappa shape index (κ2) is 8.11. The van der Waals surface area contributed by atoms with E-state index in [4.69, 9.17) is 9.47 Å². The van der Waals surface area contributed by atoms with Gasteiger partial charge in [-0.05, 0) is 29.8 Å². The van der Waals surface area contributed by atoms with Crippen LogP contribution in [0.4, 0.5) is 5.95 Å². The van der Waals surface area contributed by atoms with Crippen LogP contribution in [0.3, 0.4) is 0 Å². The average molecular weight is 392 g/mol. The highest BCUT2D eigenvalue weighted by molar-refractivity contribution is 5.60. The maximum atomic E-state index is 9.64. The van der Waals surface area contributed by atoms with Crippen molar-refractivity contribution in [3.05, 3.63) is 60.0 Å². The summed E-state index contributed by atoms with van der Waals surface area (Å²) in [7, 11) is 3.20. The van der Waals surface area contributed by atoms with Gasteiger partial charge in [0, 0.05) is 36.3 Å². The standard InChI is InChI=1S/C20H20N6O3/c1-28-16-6-5-13(8-17(16)29-2)9-22-20-23-11-15(12-27)19-24-18(25-26(19)20)14-4-3-7-21-10-14/h3-8,10-11,27H,9,12H2,1-2H3,(H,22,23). The van der Waals surface area contributed by atoms with Gasteiger partial charge in [-0.25, -0.2) is 9.97 Å². The second-order valence-electron chi connectivity index (χ2n) is 6.22. The summed E-state index contributed by atoms with van der Waals surface area (Å²) in [5.74, 6) is 2.34. The van der Waals surface area contributed by atoms with Gasteiger partial charge in [0.2, 0.25) is 5.95 Å². The fraction of sp³-hybridized carbons (Fsp3) is 0.200. The summed E-state index contributed by atoms with van der Waals surface area (Å²) in [5, 5.41) is 17.5. The molecule has 0 aliphatic heterocycles. The van der Waals surface area contributed by atoms with Gasteiger partial charge in [-0.15, -0.1) is 5.10 Å². The first-order valence-electron chi connectivity index (χ1n) is 8.94. The Labute approximate surface area is 167 Å². The molecule has 1 aromatic carbocycles. The zero-order valence-electron chi connectivity index (χ0n) is 16.0. The minimum Gasteiger partial charge on any atom is -0.493 e. The molecular weight excluding hydrogens is 372 g/mol. The Balaban J connectivity index is 1.66. The van der Waals surface area contributed by atoms with Crippen LogP contribution in [0, 0.1) is 0 Å². The van der Waals surface area contributed by atoms with E-state index in [1.165, 1.54) is 0 Å². The lowest BCUT2D eigenvalue weighted by Gasteiger charge is -2.11. The van der Waals surface area contributed by atoms with Crippen LogP contribution in [-0.2, 0) is 13.2 Å². The largest absolute Gasteiger partial charge is 0.493 e. The molecular formula is C20H20N6O3.